The summed E-state index contributed by atoms with van der Waals surface area (Å²) in [5.74, 6) is -0.549. The van der Waals surface area contributed by atoms with Crippen molar-refractivity contribution in [3.63, 3.8) is 0 Å². The van der Waals surface area contributed by atoms with E-state index in [2.05, 4.69) is 4.72 Å². The minimum atomic E-state index is -3.82. The third-order valence-corrected chi connectivity index (χ3v) is 6.28. The fourth-order valence-electron chi connectivity index (χ4n) is 3.34. The first kappa shape index (κ1) is 19.1. The second-order valence-electron chi connectivity index (χ2n) is 6.98. The Balaban J connectivity index is 1.58. The molecule has 7 heteroatoms. The van der Waals surface area contributed by atoms with Gasteiger partial charge in [0.05, 0.1) is 4.90 Å². The van der Waals surface area contributed by atoms with Gasteiger partial charge < -0.3 is 4.90 Å². The summed E-state index contributed by atoms with van der Waals surface area (Å²) in [5, 5.41) is 0. The lowest BCUT2D eigenvalue weighted by Crippen LogP contribution is -2.28. The van der Waals surface area contributed by atoms with Gasteiger partial charge in [0.25, 0.3) is 15.9 Å². The minimum Gasteiger partial charge on any atom is -0.308 e. The summed E-state index contributed by atoms with van der Waals surface area (Å²) in [6.45, 7) is 2.46. The van der Waals surface area contributed by atoms with Crippen molar-refractivity contribution in [1.82, 2.24) is 0 Å². The molecule has 1 aliphatic rings. The van der Waals surface area contributed by atoms with Gasteiger partial charge in [0.15, 0.2) is 0 Å². The van der Waals surface area contributed by atoms with Gasteiger partial charge in [-0.05, 0) is 73.5 Å². The van der Waals surface area contributed by atoms with Crippen molar-refractivity contribution in [2.75, 3.05) is 16.2 Å². The van der Waals surface area contributed by atoms with Crippen molar-refractivity contribution in [1.29, 1.82) is 0 Å². The number of anilines is 2. The third kappa shape index (κ3) is 3.86. The molecule has 0 spiro atoms. The molecule has 0 aromatic heterocycles. The predicted octanol–water partition coefficient (Wildman–Crippen LogP) is 4.14. The Morgan fingerprint density at radius 3 is 2.38 bits per heavy atom. The number of fused-ring (bicyclic) bond motifs is 1. The Labute approximate surface area is 168 Å². The molecule has 0 fully saturated rings. The second-order valence-corrected chi connectivity index (χ2v) is 8.66. The van der Waals surface area contributed by atoms with E-state index in [-0.39, 0.29) is 16.5 Å². The summed E-state index contributed by atoms with van der Waals surface area (Å²) in [6, 6.07) is 17.2. The topological polar surface area (TPSA) is 66.5 Å². The SMILES string of the molecule is Cc1ccc(C(=O)N2CCc3cc(S(=O)(=O)Nc4ccc(F)cc4)ccc32)cc1. The van der Waals surface area contributed by atoms with Gasteiger partial charge >= 0.3 is 0 Å². The molecule has 0 unspecified atom stereocenters. The smallest absolute Gasteiger partial charge is 0.261 e. The van der Waals surface area contributed by atoms with E-state index in [1.807, 2.05) is 19.1 Å². The van der Waals surface area contributed by atoms with Crippen LogP contribution in [-0.4, -0.2) is 20.9 Å². The number of carbonyl (C=O) groups is 1. The van der Waals surface area contributed by atoms with Crippen LogP contribution in [0.2, 0.25) is 0 Å². The van der Waals surface area contributed by atoms with Gasteiger partial charge in [-0.2, -0.15) is 0 Å². The molecule has 3 aromatic carbocycles. The molecule has 1 N–H and O–H groups in total. The zero-order valence-corrected chi connectivity index (χ0v) is 16.5. The predicted molar refractivity (Wildman–Crippen MR) is 110 cm³/mol. The molecule has 0 aliphatic carbocycles. The number of benzene rings is 3. The van der Waals surface area contributed by atoms with Crippen molar-refractivity contribution >= 4 is 27.3 Å². The molecule has 0 atom stereocenters. The van der Waals surface area contributed by atoms with Gasteiger partial charge in [-0.15, -0.1) is 0 Å². The molecule has 1 heterocycles. The van der Waals surface area contributed by atoms with Crippen LogP contribution in [0.25, 0.3) is 0 Å². The standard InChI is InChI=1S/C22H19FN2O3S/c1-15-2-4-16(5-3-15)22(26)25-13-12-17-14-20(10-11-21(17)25)29(27,28)24-19-8-6-18(23)7-9-19/h2-11,14,24H,12-13H2,1H3. The summed E-state index contributed by atoms with van der Waals surface area (Å²) < 4.78 is 40.8. The van der Waals surface area contributed by atoms with E-state index in [0.717, 1.165) is 16.8 Å². The molecule has 0 saturated heterocycles. The highest BCUT2D eigenvalue weighted by Crippen LogP contribution is 2.32. The number of amides is 1. The minimum absolute atomic E-state index is 0.102. The van der Waals surface area contributed by atoms with Crippen molar-refractivity contribution in [3.05, 3.63) is 89.2 Å². The van der Waals surface area contributed by atoms with Crippen LogP contribution in [0.15, 0.2) is 71.6 Å². The van der Waals surface area contributed by atoms with Gasteiger partial charge in [0.2, 0.25) is 0 Å². The number of nitrogens with zero attached hydrogens (tertiary/aromatic N) is 1. The number of hydrogen-bond acceptors (Lipinski definition) is 3. The van der Waals surface area contributed by atoms with Crippen molar-refractivity contribution in [2.24, 2.45) is 0 Å². The number of halogens is 1. The second kappa shape index (κ2) is 7.33. The van der Waals surface area contributed by atoms with Crippen LogP contribution in [-0.2, 0) is 16.4 Å². The fraction of sp³-hybridized carbons (Fsp3) is 0.136. The van der Waals surface area contributed by atoms with Gasteiger partial charge in [-0.1, -0.05) is 17.7 Å². The summed E-state index contributed by atoms with van der Waals surface area (Å²) in [7, 11) is -3.82. The lowest BCUT2D eigenvalue weighted by atomic mass is 10.1. The molecule has 1 amide bonds. The maximum absolute atomic E-state index is 13.0. The molecular weight excluding hydrogens is 391 g/mol. The van der Waals surface area contributed by atoms with Gasteiger partial charge in [0, 0.05) is 23.5 Å². The quantitative estimate of drug-likeness (QED) is 0.703. The van der Waals surface area contributed by atoms with Crippen LogP contribution in [0.1, 0.15) is 21.5 Å². The largest absolute Gasteiger partial charge is 0.308 e. The average Bonchev–Trinajstić information content (AvgIpc) is 3.13. The van der Waals surface area contributed by atoms with Crippen molar-refractivity contribution < 1.29 is 17.6 Å². The Morgan fingerprint density at radius 1 is 1.00 bits per heavy atom. The number of nitrogens with one attached hydrogen (secondary N) is 1. The third-order valence-electron chi connectivity index (χ3n) is 4.90. The number of aryl methyl sites for hydroxylation is 1. The van der Waals surface area contributed by atoms with Gasteiger partial charge in [-0.3, -0.25) is 9.52 Å². The molecule has 0 bridgehead atoms. The van der Waals surface area contributed by atoms with E-state index in [0.29, 0.717) is 18.5 Å². The van der Waals surface area contributed by atoms with Gasteiger partial charge in [-0.25, -0.2) is 12.8 Å². The van der Waals surface area contributed by atoms with Crippen molar-refractivity contribution in [2.45, 2.75) is 18.2 Å². The number of sulfonamides is 1. The maximum Gasteiger partial charge on any atom is 0.261 e. The van der Waals surface area contributed by atoms with E-state index < -0.39 is 15.8 Å². The van der Waals surface area contributed by atoms with Crippen LogP contribution >= 0.6 is 0 Å². The monoisotopic (exact) mass is 410 g/mol. The van der Waals surface area contributed by atoms with Crippen molar-refractivity contribution in [3.8, 4) is 0 Å². The molecule has 0 radical (unpaired) electrons. The molecule has 1 aliphatic heterocycles. The van der Waals surface area contributed by atoms with E-state index in [4.69, 9.17) is 0 Å². The Kier molecular flexibility index (Phi) is 4.84. The molecular formula is C22H19FN2O3S. The van der Waals surface area contributed by atoms with Crippen LogP contribution in [0.3, 0.4) is 0 Å². The van der Waals surface area contributed by atoms with Crippen LogP contribution < -0.4 is 9.62 Å². The summed E-state index contributed by atoms with van der Waals surface area (Å²) in [4.78, 5) is 14.6. The summed E-state index contributed by atoms with van der Waals surface area (Å²) >= 11 is 0. The van der Waals surface area contributed by atoms with E-state index >= 15 is 0 Å². The molecule has 148 valence electrons. The molecule has 29 heavy (non-hydrogen) atoms. The number of hydrogen-bond donors (Lipinski definition) is 1. The number of carbonyl (C=O) groups excluding carboxylic acids is 1. The van der Waals surface area contributed by atoms with Crippen LogP contribution in [0.4, 0.5) is 15.8 Å². The fourth-order valence-corrected chi connectivity index (χ4v) is 4.45. The lowest BCUT2D eigenvalue weighted by molar-refractivity contribution is 0.0989. The zero-order valence-electron chi connectivity index (χ0n) is 15.7. The first-order valence-electron chi connectivity index (χ1n) is 9.13. The van der Waals surface area contributed by atoms with E-state index in [9.17, 15) is 17.6 Å². The highest BCUT2D eigenvalue weighted by atomic mass is 32.2. The zero-order chi connectivity index (χ0) is 20.6. The lowest BCUT2D eigenvalue weighted by Gasteiger charge is -2.18. The van der Waals surface area contributed by atoms with E-state index in [1.165, 1.54) is 30.3 Å². The Bertz CT molecular complexity index is 1170. The first-order valence-corrected chi connectivity index (χ1v) is 10.6. The highest BCUT2D eigenvalue weighted by Gasteiger charge is 2.27. The summed E-state index contributed by atoms with van der Waals surface area (Å²) in [6.07, 6.45) is 0.576. The number of rotatable bonds is 4. The molecule has 0 saturated carbocycles. The van der Waals surface area contributed by atoms with Gasteiger partial charge in [0.1, 0.15) is 5.82 Å². The average molecular weight is 410 g/mol. The molecule has 4 rings (SSSR count). The van der Waals surface area contributed by atoms with Crippen LogP contribution in [0, 0.1) is 12.7 Å². The molecule has 3 aromatic rings. The van der Waals surface area contributed by atoms with E-state index in [1.54, 1.807) is 29.2 Å². The maximum atomic E-state index is 13.0. The normalized spacial score (nSPS) is 13.2. The van der Waals surface area contributed by atoms with Crippen LogP contribution in [0.5, 0.6) is 0 Å². The Morgan fingerprint density at radius 2 is 1.69 bits per heavy atom. The summed E-state index contributed by atoms with van der Waals surface area (Å²) in [5.41, 5.74) is 3.47. The first-order chi connectivity index (χ1) is 13.8. The Hall–Kier alpha value is -3.19. The highest BCUT2D eigenvalue weighted by molar-refractivity contribution is 7.92. The molecule has 5 nitrogen and oxygen atoms in total.